The van der Waals surface area contributed by atoms with E-state index in [1.54, 1.807) is 17.0 Å². The van der Waals surface area contributed by atoms with Crippen LogP contribution in [0.3, 0.4) is 0 Å². The number of benzene rings is 2. The number of anilines is 2. The molecule has 4 aromatic rings. The molecule has 1 saturated heterocycles. The van der Waals surface area contributed by atoms with Crippen molar-refractivity contribution < 1.29 is 19.2 Å². The first-order chi connectivity index (χ1) is 19.6. The number of hydrogen-bond donors (Lipinski definition) is 1. The Bertz CT molecular complexity index is 1610. The number of carbonyl (C=O) groups excluding carboxylic acids is 2. The lowest BCUT2D eigenvalue weighted by Gasteiger charge is -2.36. The number of piperazine rings is 1. The molecule has 1 aliphatic heterocycles. The molecule has 0 radical (unpaired) electrons. The summed E-state index contributed by atoms with van der Waals surface area (Å²) >= 11 is 0. The van der Waals surface area contributed by atoms with E-state index in [1.807, 2.05) is 69.3 Å². The Hall–Kier alpha value is -5.06. The van der Waals surface area contributed by atoms with Gasteiger partial charge in [0, 0.05) is 55.1 Å². The maximum absolute atomic E-state index is 13.1. The lowest BCUT2D eigenvalue weighted by molar-refractivity contribution is -0.384. The summed E-state index contributed by atoms with van der Waals surface area (Å²) in [5.41, 5.74) is 2.34. The van der Waals surface area contributed by atoms with Gasteiger partial charge in [0.2, 0.25) is 5.82 Å². The van der Waals surface area contributed by atoms with Gasteiger partial charge in [-0.2, -0.15) is 0 Å². The Morgan fingerprint density at radius 2 is 1.71 bits per heavy atom. The van der Waals surface area contributed by atoms with Gasteiger partial charge in [0.1, 0.15) is 5.60 Å². The number of carbonyl (C=O) groups is 2. The van der Waals surface area contributed by atoms with E-state index in [0.29, 0.717) is 37.4 Å². The molecular weight excluding hydrogens is 524 g/mol. The highest BCUT2D eigenvalue weighted by atomic mass is 16.6. The molecule has 2 amide bonds. The van der Waals surface area contributed by atoms with E-state index in [1.165, 1.54) is 12.3 Å². The van der Waals surface area contributed by atoms with E-state index < -0.39 is 16.4 Å². The summed E-state index contributed by atoms with van der Waals surface area (Å²) in [5, 5.41) is 14.9. The molecule has 1 fully saturated rings. The zero-order valence-corrected chi connectivity index (χ0v) is 23.0. The van der Waals surface area contributed by atoms with Crippen molar-refractivity contribution in [2.45, 2.75) is 26.4 Å². The SMILES string of the molecule is CC(C)(C)OC(=O)N1CCN(c2ccc3cc(C(=O)Nc4nc(-c5ccccc5)ccc4[N+](=O)[O-])cnc3c2)CC1. The molecule has 3 heterocycles. The van der Waals surface area contributed by atoms with Crippen LogP contribution in [0.15, 0.2) is 72.9 Å². The third-order valence-electron chi connectivity index (χ3n) is 6.60. The standard InChI is InChI=1S/C30H30N6O5/c1-30(2,3)41-29(38)35-15-13-34(14-16-35)23-10-9-21-17-22(19-31-25(21)18-23)28(37)33-27-26(36(39)40)12-11-24(32-27)20-7-5-4-6-8-20/h4-12,17-19H,13-16H2,1-3H3,(H,32,33,37). The molecule has 0 saturated carbocycles. The first-order valence-corrected chi connectivity index (χ1v) is 13.2. The zero-order chi connectivity index (χ0) is 29.1. The van der Waals surface area contributed by atoms with Crippen LogP contribution in [0.5, 0.6) is 0 Å². The second-order valence-electron chi connectivity index (χ2n) is 10.7. The van der Waals surface area contributed by atoms with Crippen molar-refractivity contribution >= 4 is 40.1 Å². The van der Waals surface area contributed by atoms with Crippen LogP contribution in [0.25, 0.3) is 22.2 Å². The minimum atomic E-state index is -0.578. The van der Waals surface area contributed by atoms with Crippen LogP contribution >= 0.6 is 0 Å². The van der Waals surface area contributed by atoms with E-state index in [9.17, 15) is 19.7 Å². The van der Waals surface area contributed by atoms with E-state index in [2.05, 4.69) is 20.2 Å². The van der Waals surface area contributed by atoms with E-state index in [0.717, 1.165) is 16.6 Å². The maximum atomic E-state index is 13.1. The van der Waals surface area contributed by atoms with Crippen molar-refractivity contribution in [3.63, 3.8) is 0 Å². The topological polar surface area (TPSA) is 131 Å². The highest BCUT2D eigenvalue weighted by molar-refractivity contribution is 6.06. The highest BCUT2D eigenvalue weighted by Crippen LogP contribution is 2.28. The van der Waals surface area contributed by atoms with Crippen LogP contribution in [-0.2, 0) is 4.74 Å². The summed E-state index contributed by atoms with van der Waals surface area (Å²) in [5.74, 6) is -0.690. The minimum Gasteiger partial charge on any atom is -0.444 e. The van der Waals surface area contributed by atoms with Gasteiger partial charge in [-0.25, -0.2) is 9.78 Å². The van der Waals surface area contributed by atoms with E-state index in [-0.39, 0.29) is 23.2 Å². The zero-order valence-electron chi connectivity index (χ0n) is 23.0. The molecule has 41 heavy (non-hydrogen) atoms. The van der Waals surface area contributed by atoms with E-state index in [4.69, 9.17) is 4.74 Å². The van der Waals surface area contributed by atoms with Crippen molar-refractivity contribution in [1.29, 1.82) is 0 Å². The van der Waals surface area contributed by atoms with Crippen molar-refractivity contribution in [3.05, 3.63) is 88.6 Å². The third-order valence-corrected chi connectivity index (χ3v) is 6.60. The molecule has 1 aliphatic rings. The largest absolute Gasteiger partial charge is 0.444 e. The number of nitrogens with zero attached hydrogens (tertiary/aromatic N) is 5. The van der Waals surface area contributed by atoms with Crippen molar-refractivity contribution in [3.8, 4) is 11.3 Å². The summed E-state index contributed by atoms with van der Waals surface area (Å²) in [6.45, 7) is 7.95. The number of ether oxygens (including phenoxy) is 1. The van der Waals surface area contributed by atoms with Crippen molar-refractivity contribution in [2.75, 3.05) is 36.4 Å². The van der Waals surface area contributed by atoms with Crippen LogP contribution in [0, 0.1) is 10.1 Å². The number of pyridine rings is 2. The summed E-state index contributed by atoms with van der Waals surface area (Å²) in [6.07, 6.45) is 1.13. The second-order valence-corrected chi connectivity index (χ2v) is 10.7. The summed E-state index contributed by atoms with van der Waals surface area (Å²) in [4.78, 5) is 49.2. The van der Waals surface area contributed by atoms with Gasteiger partial charge in [-0.05, 0) is 45.0 Å². The van der Waals surface area contributed by atoms with Gasteiger partial charge in [0.15, 0.2) is 0 Å². The third kappa shape index (κ3) is 6.40. The Kier molecular flexibility index (Phi) is 7.52. The molecule has 1 N–H and O–H groups in total. The molecule has 5 rings (SSSR count). The molecule has 0 atom stereocenters. The maximum Gasteiger partial charge on any atom is 0.410 e. The van der Waals surface area contributed by atoms with Crippen LogP contribution in [-0.4, -0.2) is 63.6 Å². The number of amides is 2. The Morgan fingerprint density at radius 1 is 0.976 bits per heavy atom. The van der Waals surface area contributed by atoms with Gasteiger partial charge >= 0.3 is 11.8 Å². The smallest absolute Gasteiger partial charge is 0.410 e. The average Bonchev–Trinajstić information content (AvgIpc) is 2.96. The van der Waals surface area contributed by atoms with Crippen LogP contribution in [0.2, 0.25) is 0 Å². The average molecular weight is 555 g/mol. The van der Waals surface area contributed by atoms with Crippen LogP contribution in [0.4, 0.5) is 22.0 Å². The quantitative estimate of drug-likeness (QED) is 0.252. The first kappa shape index (κ1) is 27.5. The summed E-state index contributed by atoms with van der Waals surface area (Å²) in [7, 11) is 0. The molecule has 2 aromatic heterocycles. The van der Waals surface area contributed by atoms with Gasteiger partial charge < -0.3 is 19.9 Å². The lowest BCUT2D eigenvalue weighted by atomic mass is 10.1. The number of nitro groups is 1. The lowest BCUT2D eigenvalue weighted by Crippen LogP contribution is -2.50. The Labute approximate surface area is 236 Å². The fraction of sp³-hybridized carbons (Fsp3) is 0.267. The number of hydrogen-bond acceptors (Lipinski definition) is 8. The Morgan fingerprint density at radius 3 is 2.39 bits per heavy atom. The molecular formula is C30H30N6O5. The van der Waals surface area contributed by atoms with Crippen LogP contribution < -0.4 is 10.2 Å². The summed E-state index contributed by atoms with van der Waals surface area (Å²) in [6, 6.07) is 19.6. The Balaban J connectivity index is 1.30. The monoisotopic (exact) mass is 554 g/mol. The molecule has 210 valence electrons. The molecule has 11 heteroatoms. The van der Waals surface area contributed by atoms with Gasteiger partial charge in [0.05, 0.1) is 21.7 Å². The van der Waals surface area contributed by atoms with Gasteiger partial charge in [0.25, 0.3) is 5.91 Å². The molecule has 2 aromatic carbocycles. The highest BCUT2D eigenvalue weighted by Gasteiger charge is 2.26. The second kappa shape index (κ2) is 11.2. The van der Waals surface area contributed by atoms with Gasteiger partial charge in [-0.3, -0.25) is 19.9 Å². The van der Waals surface area contributed by atoms with Crippen molar-refractivity contribution in [1.82, 2.24) is 14.9 Å². The predicted molar refractivity (Wildman–Crippen MR) is 156 cm³/mol. The fourth-order valence-electron chi connectivity index (χ4n) is 4.54. The number of aromatic nitrogens is 2. The van der Waals surface area contributed by atoms with Gasteiger partial charge in [-0.15, -0.1) is 0 Å². The number of rotatable bonds is 5. The predicted octanol–water partition coefficient (Wildman–Crippen LogP) is 5.51. The normalized spacial score (nSPS) is 13.6. The number of fused-ring (bicyclic) bond motifs is 1. The van der Waals surface area contributed by atoms with Crippen LogP contribution in [0.1, 0.15) is 31.1 Å². The molecule has 0 bridgehead atoms. The summed E-state index contributed by atoms with van der Waals surface area (Å²) < 4.78 is 5.48. The molecule has 0 unspecified atom stereocenters. The molecule has 0 aliphatic carbocycles. The molecule has 0 spiro atoms. The van der Waals surface area contributed by atoms with E-state index >= 15 is 0 Å². The molecule has 11 nitrogen and oxygen atoms in total. The fourth-order valence-corrected chi connectivity index (χ4v) is 4.54. The number of nitrogens with one attached hydrogen (secondary N) is 1. The minimum absolute atomic E-state index is 0.137. The van der Waals surface area contributed by atoms with Gasteiger partial charge in [-0.1, -0.05) is 36.4 Å². The first-order valence-electron chi connectivity index (χ1n) is 13.2. The van der Waals surface area contributed by atoms with Crippen molar-refractivity contribution in [2.24, 2.45) is 0 Å².